The predicted molar refractivity (Wildman–Crippen MR) is 65.7 cm³/mol. The standard InChI is InChI=1S/C13H11FN2O2/c1-7-6-10(8-2-4-9(14)5-3-8)16-12(11(7)15)13(17)18/h2-6H,15H2,1H3,(H,17,18). The van der Waals surface area contributed by atoms with Gasteiger partial charge >= 0.3 is 5.97 Å². The molecular weight excluding hydrogens is 235 g/mol. The lowest BCUT2D eigenvalue weighted by Gasteiger charge is -2.08. The number of nitrogen functional groups attached to an aromatic ring is 1. The number of carbonyl (C=O) groups is 1. The van der Waals surface area contributed by atoms with E-state index in [1.54, 1.807) is 25.1 Å². The summed E-state index contributed by atoms with van der Waals surface area (Å²) < 4.78 is 12.8. The molecule has 18 heavy (non-hydrogen) atoms. The summed E-state index contributed by atoms with van der Waals surface area (Å²) in [6, 6.07) is 7.35. The van der Waals surface area contributed by atoms with E-state index < -0.39 is 5.97 Å². The van der Waals surface area contributed by atoms with Crippen molar-refractivity contribution in [2.24, 2.45) is 0 Å². The number of aryl methyl sites for hydroxylation is 1. The molecule has 0 saturated carbocycles. The molecule has 4 nitrogen and oxygen atoms in total. The lowest BCUT2D eigenvalue weighted by Crippen LogP contribution is -2.08. The fourth-order valence-corrected chi connectivity index (χ4v) is 1.61. The van der Waals surface area contributed by atoms with E-state index in [-0.39, 0.29) is 17.2 Å². The van der Waals surface area contributed by atoms with Gasteiger partial charge in [0, 0.05) is 5.56 Å². The number of nitrogens with two attached hydrogens (primary N) is 1. The zero-order valence-corrected chi connectivity index (χ0v) is 9.64. The van der Waals surface area contributed by atoms with Crippen LogP contribution < -0.4 is 5.73 Å². The first-order valence-electron chi connectivity index (χ1n) is 5.25. The number of anilines is 1. The Balaban J connectivity index is 2.59. The van der Waals surface area contributed by atoms with Crippen molar-refractivity contribution in [1.29, 1.82) is 0 Å². The van der Waals surface area contributed by atoms with E-state index in [2.05, 4.69) is 4.98 Å². The second-order valence-corrected chi connectivity index (χ2v) is 3.90. The van der Waals surface area contributed by atoms with Gasteiger partial charge in [-0.05, 0) is 42.8 Å². The highest BCUT2D eigenvalue weighted by Gasteiger charge is 2.14. The lowest BCUT2D eigenvalue weighted by atomic mass is 10.1. The number of hydrogen-bond donors (Lipinski definition) is 2. The van der Waals surface area contributed by atoms with Gasteiger partial charge in [0.05, 0.1) is 11.4 Å². The van der Waals surface area contributed by atoms with Crippen LogP contribution in [0.5, 0.6) is 0 Å². The van der Waals surface area contributed by atoms with Gasteiger partial charge in [-0.3, -0.25) is 0 Å². The molecule has 0 radical (unpaired) electrons. The Labute approximate surface area is 103 Å². The zero-order chi connectivity index (χ0) is 13.3. The highest BCUT2D eigenvalue weighted by molar-refractivity contribution is 5.93. The molecule has 0 atom stereocenters. The van der Waals surface area contributed by atoms with Crippen LogP contribution >= 0.6 is 0 Å². The molecule has 2 aromatic rings. The van der Waals surface area contributed by atoms with Gasteiger partial charge < -0.3 is 10.8 Å². The van der Waals surface area contributed by atoms with Gasteiger partial charge in [0.25, 0.3) is 0 Å². The third-order valence-electron chi connectivity index (χ3n) is 2.61. The van der Waals surface area contributed by atoms with Gasteiger partial charge in [-0.1, -0.05) is 0 Å². The van der Waals surface area contributed by atoms with Crippen molar-refractivity contribution in [2.45, 2.75) is 6.92 Å². The Morgan fingerprint density at radius 1 is 1.33 bits per heavy atom. The third-order valence-corrected chi connectivity index (χ3v) is 2.61. The molecule has 5 heteroatoms. The van der Waals surface area contributed by atoms with Crippen LogP contribution in [0.4, 0.5) is 10.1 Å². The van der Waals surface area contributed by atoms with Gasteiger partial charge in [0.15, 0.2) is 5.69 Å². The fourth-order valence-electron chi connectivity index (χ4n) is 1.61. The topological polar surface area (TPSA) is 76.2 Å². The summed E-state index contributed by atoms with van der Waals surface area (Å²) >= 11 is 0. The summed E-state index contributed by atoms with van der Waals surface area (Å²) in [7, 11) is 0. The van der Waals surface area contributed by atoms with Crippen molar-refractivity contribution >= 4 is 11.7 Å². The van der Waals surface area contributed by atoms with Gasteiger partial charge in [-0.15, -0.1) is 0 Å². The van der Waals surface area contributed by atoms with E-state index in [1.807, 2.05) is 0 Å². The highest BCUT2D eigenvalue weighted by atomic mass is 19.1. The second-order valence-electron chi connectivity index (χ2n) is 3.90. The van der Waals surface area contributed by atoms with Gasteiger partial charge in [-0.25, -0.2) is 14.2 Å². The van der Waals surface area contributed by atoms with Crippen LogP contribution in [-0.4, -0.2) is 16.1 Å². The molecule has 3 N–H and O–H groups in total. The van der Waals surface area contributed by atoms with Crippen molar-refractivity contribution in [2.75, 3.05) is 5.73 Å². The Kier molecular flexibility index (Phi) is 2.97. The Hall–Kier alpha value is -2.43. The summed E-state index contributed by atoms with van der Waals surface area (Å²) in [5.74, 6) is -1.54. The molecule has 0 aliphatic carbocycles. The maximum absolute atomic E-state index is 12.8. The van der Waals surface area contributed by atoms with Gasteiger partial charge in [-0.2, -0.15) is 0 Å². The second kappa shape index (κ2) is 4.44. The largest absolute Gasteiger partial charge is 0.476 e. The van der Waals surface area contributed by atoms with Crippen LogP contribution in [0, 0.1) is 12.7 Å². The van der Waals surface area contributed by atoms with E-state index in [1.165, 1.54) is 12.1 Å². The van der Waals surface area contributed by atoms with Crippen LogP contribution in [0.2, 0.25) is 0 Å². The maximum Gasteiger partial charge on any atom is 0.356 e. The van der Waals surface area contributed by atoms with Crippen LogP contribution in [0.25, 0.3) is 11.3 Å². The number of nitrogens with zero attached hydrogens (tertiary/aromatic N) is 1. The minimum absolute atomic E-state index is 0.147. The van der Waals surface area contributed by atoms with Crippen LogP contribution in [-0.2, 0) is 0 Å². The molecule has 1 heterocycles. The molecule has 1 aromatic heterocycles. The predicted octanol–water partition coefficient (Wildman–Crippen LogP) is 2.48. The third kappa shape index (κ3) is 2.15. The first-order valence-corrected chi connectivity index (χ1v) is 5.25. The normalized spacial score (nSPS) is 10.3. The molecule has 0 amide bonds. The number of aromatic carboxylic acids is 1. The molecule has 0 saturated heterocycles. The van der Waals surface area contributed by atoms with Crippen LogP contribution in [0.3, 0.4) is 0 Å². The molecule has 0 aliphatic rings. The van der Waals surface area contributed by atoms with Crippen molar-refractivity contribution in [3.8, 4) is 11.3 Å². The van der Waals surface area contributed by atoms with Crippen LogP contribution in [0.1, 0.15) is 16.1 Å². The average Bonchev–Trinajstić information content (AvgIpc) is 2.33. The first-order chi connectivity index (χ1) is 8.49. The molecule has 0 spiro atoms. The molecule has 0 fully saturated rings. The quantitative estimate of drug-likeness (QED) is 0.853. The zero-order valence-electron chi connectivity index (χ0n) is 9.64. The number of carboxylic acids is 1. The Bertz CT molecular complexity index is 609. The molecule has 0 unspecified atom stereocenters. The molecule has 0 bridgehead atoms. The minimum atomic E-state index is -1.18. The van der Waals surface area contributed by atoms with E-state index >= 15 is 0 Å². The summed E-state index contributed by atoms with van der Waals surface area (Å²) in [6.07, 6.45) is 0. The van der Waals surface area contributed by atoms with E-state index in [0.29, 0.717) is 16.8 Å². The summed E-state index contributed by atoms with van der Waals surface area (Å²) in [4.78, 5) is 15.0. The van der Waals surface area contributed by atoms with E-state index in [0.717, 1.165) is 0 Å². The number of carboxylic acid groups (broad SMARTS) is 1. The molecule has 0 aliphatic heterocycles. The van der Waals surface area contributed by atoms with E-state index in [9.17, 15) is 9.18 Å². The molecular formula is C13H11FN2O2. The Morgan fingerprint density at radius 3 is 2.50 bits per heavy atom. The summed E-state index contributed by atoms with van der Waals surface area (Å²) in [5.41, 5.74) is 7.34. The number of rotatable bonds is 2. The average molecular weight is 246 g/mol. The minimum Gasteiger partial charge on any atom is -0.476 e. The fraction of sp³-hybridized carbons (Fsp3) is 0.0769. The van der Waals surface area contributed by atoms with Crippen molar-refractivity contribution in [3.05, 3.63) is 47.4 Å². The van der Waals surface area contributed by atoms with Crippen molar-refractivity contribution in [3.63, 3.8) is 0 Å². The SMILES string of the molecule is Cc1cc(-c2ccc(F)cc2)nc(C(=O)O)c1N. The van der Waals surface area contributed by atoms with Gasteiger partial charge in [0.2, 0.25) is 0 Å². The maximum atomic E-state index is 12.8. The highest BCUT2D eigenvalue weighted by Crippen LogP contribution is 2.24. The summed E-state index contributed by atoms with van der Waals surface area (Å²) in [5, 5.41) is 9.00. The number of aromatic nitrogens is 1. The van der Waals surface area contributed by atoms with Crippen molar-refractivity contribution in [1.82, 2.24) is 4.98 Å². The van der Waals surface area contributed by atoms with Crippen LogP contribution in [0.15, 0.2) is 30.3 Å². The number of pyridine rings is 1. The lowest BCUT2D eigenvalue weighted by molar-refractivity contribution is 0.0692. The monoisotopic (exact) mass is 246 g/mol. The van der Waals surface area contributed by atoms with Crippen molar-refractivity contribution < 1.29 is 14.3 Å². The molecule has 92 valence electrons. The van der Waals surface area contributed by atoms with Gasteiger partial charge in [0.1, 0.15) is 5.82 Å². The molecule has 1 aromatic carbocycles. The number of halogens is 1. The Morgan fingerprint density at radius 2 is 1.94 bits per heavy atom. The number of benzene rings is 1. The smallest absolute Gasteiger partial charge is 0.356 e. The molecule has 2 rings (SSSR count). The summed E-state index contributed by atoms with van der Waals surface area (Å²) in [6.45, 7) is 1.70. The van der Waals surface area contributed by atoms with E-state index in [4.69, 9.17) is 10.8 Å². The first kappa shape index (κ1) is 12.0. The number of hydrogen-bond acceptors (Lipinski definition) is 3.